The van der Waals surface area contributed by atoms with E-state index < -0.39 is 23.5 Å². The van der Waals surface area contributed by atoms with Crippen molar-refractivity contribution in [3.05, 3.63) is 29.3 Å². The van der Waals surface area contributed by atoms with Crippen molar-refractivity contribution in [3.63, 3.8) is 0 Å². The first kappa shape index (κ1) is 16.1. The third-order valence-electron chi connectivity index (χ3n) is 6.24. The van der Waals surface area contributed by atoms with Crippen LogP contribution in [0.15, 0.2) is 18.2 Å². The Balaban J connectivity index is 1.60. The lowest BCUT2D eigenvalue weighted by atomic mass is 9.70. The Bertz CT molecular complexity index is 849. The summed E-state index contributed by atoms with van der Waals surface area (Å²) in [5, 5.41) is 8.97. The third-order valence-corrected chi connectivity index (χ3v) is 6.24. The van der Waals surface area contributed by atoms with E-state index in [1.54, 1.807) is 6.07 Å². The van der Waals surface area contributed by atoms with Crippen LogP contribution in [0.25, 0.3) is 0 Å². The Kier molecular flexibility index (Phi) is 3.09. The van der Waals surface area contributed by atoms with Crippen LogP contribution in [0, 0.1) is 23.2 Å². The maximum absolute atomic E-state index is 13.3. The quantitative estimate of drug-likeness (QED) is 0.769. The molecular weight excluding hydrogens is 349 g/mol. The van der Waals surface area contributed by atoms with Gasteiger partial charge in [-0.25, -0.2) is 0 Å². The van der Waals surface area contributed by atoms with Crippen molar-refractivity contribution in [2.45, 2.75) is 43.4 Å². The number of amides is 1. The molecule has 4 fully saturated rings. The monoisotopic (exact) mass is 364 g/mol. The molecule has 0 aliphatic carbocycles. The van der Waals surface area contributed by atoms with Crippen LogP contribution in [0.1, 0.15) is 30.4 Å². The molecule has 26 heavy (non-hydrogen) atoms. The van der Waals surface area contributed by atoms with Gasteiger partial charge >= 0.3 is 6.18 Å². The highest BCUT2D eigenvalue weighted by Crippen LogP contribution is 2.60. The average molecular weight is 364 g/mol. The molecule has 2 bridgehead atoms. The van der Waals surface area contributed by atoms with Crippen LogP contribution in [0.5, 0.6) is 0 Å². The Morgan fingerprint density at radius 3 is 2.85 bits per heavy atom. The van der Waals surface area contributed by atoms with E-state index in [0.29, 0.717) is 13.0 Å². The van der Waals surface area contributed by atoms with E-state index in [-0.39, 0.29) is 35.1 Å². The van der Waals surface area contributed by atoms with E-state index in [1.165, 1.54) is 11.0 Å². The van der Waals surface area contributed by atoms with Crippen LogP contribution >= 0.6 is 0 Å². The lowest BCUT2D eigenvalue weighted by Gasteiger charge is -2.41. The summed E-state index contributed by atoms with van der Waals surface area (Å²) in [4.78, 5) is 14.4. The van der Waals surface area contributed by atoms with Crippen molar-refractivity contribution in [1.29, 1.82) is 5.26 Å². The number of fused-ring (bicyclic) bond motifs is 2. The zero-order valence-corrected chi connectivity index (χ0v) is 13.6. The fourth-order valence-corrected chi connectivity index (χ4v) is 5.23. The number of nitriles is 1. The summed E-state index contributed by atoms with van der Waals surface area (Å²) in [5.41, 5.74) is -1.76. The van der Waals surface area contributed by atoms with Crippen LogP contribution < -0.4 is 4.90 Å². The summed E-state index contributed by atoms with van der Waals surface area (Å²) in [7, 11) is 0. The second-order valence-electron chi connectivity index (χ2n) is 7.37. The summed E-state index contributed by atoms with van der Waals surface area (Å²) in [6.45, 7) is 0.410. The molecule has 1 amide bonds. The van der Waals surface area contributed by atoms with Gasteiger partial charge in [0.15, 0.2) is 0 Å². The number of hydrogen-bond donors (Lipinski definition) is 0. The Morgan fingerprint density at radius 2 is 2.12 bits per heavy atom. The van der Waals surface area contributed by atoms with E-state index in [1.807, 2.05) is 0 Å². The third kappa shape index (κ3) is 1.90. The van der Waals surface area contributed by atoms with Crippen LogP contribution in [0.3, 0.4) is 0 Å². The van der Waals surface area contributed by atoms with E-state index in [4.69, 9.17) is 14.7 Å². The zero-order valence-electron chi connectivity index (χ0n) is 13.6. The topological polar surface area (TPSA) is 62.6 Å². The molecule has 0 aromatic heterocycles. The van der Waals surface area contributed by atoms with Gasteiger partial charge < -0.3 is 9.47 Å². The number of alkyl halides is 3. The molecule has 4 heterocycles. The van der Waals surface area contributed by atoms with Crippen LogP contribution in [0.2, 0.25) is 0 Å². The first-order valence-corrected chi connectivity index (χ1v) is 8.60. The summed E-state index contributed by atoms with van der Waals surface area (Å²) in [5.74, 6) is -0.752. The van der Waals surface area contributed by atoms with Gasteiger partial charge in [0.1, 0.15) is 6.23 Å². The predicted molar refractivity (Wildman–Crippen MR) is 81.8 cm³/mol. The van der Waals surface area contributed by atoms with Crippen LogP contribution in [-0.4, -0.2) is 30.4 Å². The molecule has 1 spiro atoms. The summed E-state index contributed by atoms with van der Waals surface area (Å²) >= 11 is 0. The van der Waals surface area contributed by atoms with Gasteiger partial charge in [-0.1, -0.05) is 0 Å². The van der Waals surface area contributed by atoms with Crippen molar-refractivity contribution in [3.8, 4) is 6.07 Å². The summed E-state index contributed by atoms with van der Waals surface area (Å²) in [6.07, 6.45) is -3.09. The minimum absolute atomic E-state index is 0.122. The SMILES string of the molecule is N#Cc1ccc(N2C(=O)[C@@H]3[C@@H]4[C@H]2OCC[C@@]42CC[C@@H]3O2)cc1C(F)(F)F. The Labute approximate surface area is 147 Å². The van der Waals surface area contributed by atoms with Gasteiger partial charge in [0.05, 0.1) is 41.4 Å². The largest absolute Gasteiger partial charge is 0.417 e. The van der Waals surface area contributed by atoms with E-state index >= 15 is 0 Å². The maximum atomic E-state index is 13.3. The summed E-state index contributed by atoms with van der Waals surface area (Å²) in [6, 6.07) is 4.95. The normalized spacial score (nSPS) is 37.8. The molecule has 4 aliphatic heterocycles. The second-order valence-corrected chi connectivity index (χ2v) is 7.37. The lowest BCUT2D eigenvalue weighted by Crippen LogP contribution is -2.51. The predicted octanol–water partition coefficient (Wildman–Crippen LogP) is 2.83. The fourth-order valence-electron chi connectivity index (χ4n) is 5.23. The van der Waals surface area contributed by atoms with Gasteiger partial charge in [-0.3, -0.25) is 9.69 Å². The van der Waals surface area contributed by atoms with Crippen molar-refractivity contribution >= 4 is 11.6 Å². The molecular formula is C18H15F3N2O3. The van der Waals surface area contributed by atoms with Gasteiger partial charge in [0.2, 0.25) is 5.91 Å². The number of nitrogens with zero attached hydrogens (tertiary/aromatic N) is 2. The maximum Gasteiger partial charge on any atom is 0.417 e. The minimum atomic E-state index is -4.67. The number of carbonyl (C=O) groups is 1. The molecule has 1 aromatic rings. The van der Waals surface area contributed by atoms with Crippen LogP contribution in [0.4, 0.5) is 18.9 Å². The smallest absolute Gasteiger partial charge is 0.370 e. The molecule has 0 radical (unpaired) electrons. The molecule has 1 aromatic carbocycles. The van der Waals surface area contributed by atoms with Gasteiger partial charge in [-0.2, -0.15) is 18.4 Å². The van der Waals surface area contributed by atoms with Crippen molar-refractivity contribution in [1.82, 2.24) is 0 Å². The molecule has 0 N–H and O–H groups in total. The number of rotatable bonds is 1. The second kappa shape index (κ2) is 4.99. The molecule has 136 valence electrons. The van der Waals surface area contributed by atoms with Gasteiger partial charge in [0.25, 0.3) is 0 Å². The highest BCUT2D eigenvalue weighted by molar-refractivity contribution is 5.99. The summed E-state index contributed by atoms with van der Waals surface area (Å²) < 4.78 is 51.9. The van der Waals surface area contributed by atoms with Gasteiger partial charge in [-0.05, 0) is 31.0 Å². The van der Waals surface area contributed by atoms with Gasteiger partial charge in [0, 0.05) is 18.0 Å². The first-order valence-electron chi connectivity index (χ1n) is 8.60. The molecule has 5 rings (SSSR count). The van der Waals surface area contributed by atoms with Crippen LogP contribution in [-0.2, 0) is 20.4 Å². The first-order chi connectivity index (χ1) is 12.4. The number of hydrogen-bond acceptors (Lipinski definition) is 4. The van der Waals surface area contributed by atoms with E-state index in [9.17, 15) is 18.0 Å². The minimum Gasteiger partial charge on any atom is -0.370 e. The van der Waals surface area contributed by atoms with Crippen molar-refractivity contribution in [2.75, 3.05) is 11.5 Å². The molecule has 4 aliphatic rings. The molecule has 0 unspecified atom stereocenters. The van der Waals surface area contributed by atoms with Gasteiger partial charge in [-0.15, -0.1) is 0 Å². The van der Waals surface area contributed by atoms with E-state index in [2.05, 4.69) is 0 Å². The highest BCUT2D eigenvalue weighted by Gasteiger charge is 2.70. The number of carbonyl (C=O) groups excluding carboxylic acids is 1. The number of halogens is 3. The van der Waals surface area contributed by atoms with Crippen molar-refractivity contribution < 1.29 is 27.4 Å². The van der Waals surface area contributed by atoms with E-state index in [0.717, 1.165) is 25.0 Å². The van der Waals surface area contributed by atoms with Crippen molar-refractivity contribution in [2.24, 2.45) is 11.8 Å². The molecule has 5 nitrogen and oxygen atoms in total. The number of ether oxygens (including phenoxy) is 2. The Morgan fingerprint density at radius 1 is 1.31 bits per heavy atom. The molecule has 0 saturated carbocycles. The highest BCUT2D eigenvalue weighted by atomic mass is 19.4. The molecule has 8 heteroatoms. The Hall–Kier alpha value is -2.11. The fraction of sp³-hybridized carbons (Fsp3) is 0.556. The average Bonchev–Trinajstić information content (AvgIpc) is 3.25. The lowest BCUT2D eigenvalue weighted by molar-refractivity contribution is -0.138. The standard InChI is InChI=1S/C18H15F3N2O3/c19-18(20,21)11-7-10(2-1-9(11)8-22)23-15(24)13-12-3-4-17(26-12)5-6-25-16(23)14(13)17/h1-2,7,12-14,16H,3-6H2/t12-,13-,14+,16+,17-/m0/s1. The molecule has 5 atom stereocenters. The number of benzene rings is 1. The zero-order chi connectivity index (χ0) is 18.3. The molecule has 4 saturated heterocycles. The number of anilines is 1.